The highest BCUT2D eigenvalue weighted by atomic mass is 16.5. The number of aromatic nitrogens is 4. The van der Waals surface area contributed by atoms with Crippen LogP contribution in [0, 0.1) is 0 Å². The van der Waals surface area contributed by atoms with E-state index in [4.69, 9.17) is 4.74 Å². The smallest absolute Gasteiger partial charge is 0.331 e. The highest BCUT2D eigenvalue weighted by molar-refractivity contribution is 5.97. The van der Waals surface area contributed by atoms with Crippen LogP contribution in [0.3, 0.4) is 0 Å². The van der Waals surface area contributed by atoms with E-state index in [2.05, 4.69) is 15.6 Å². The molecule has 2 aromatic carbocycles. The second kappa shape index (κ2) is 6.83. The van der Waals surface area contributed by atoms with Gasteiger partial charge in [-0.2, -0.15) is 0 Å². The molecule has 1 unspecified atom stereocenters. The minimum absolute atomic E-state index is 0.290. The molecule has 3 aromatic heterocycles. The number of ether oxygens (including phenoxy) is 1. The molecule has 7 heteroatoms. The number of nitrogens with zero attached hydrogens (tertiary/aromatic N) is 3. The van der Waals surface area contributed by atoms with Gasteiger partial charge in [-0.15, -0.1) is 0 Å². The maximum Gasteiger partial charge on any atom is 0.331 e. The summed E-state index contributed by atoms with van der Waals surface area (Å²) in [6, 6.07) is 18.0. The van der Waals surface area contributed by atoms with Crippen molar-refractivity contribution in [3.05, 3.63) is 92.9 Å². The minimum atomic E-state index is -0.405. The largest absolute Gasteiger partial charge is 0.365 e. The van der Waals surface area contributed by atoms with Crippen molar-refractivity contribution in [2.75, 3.05) is 6.61 Å². The molecule has 1 atom stereocenters. The van der Waals surface area contributed by atoms with Gasteiger partial charge in [0.05, 0.1) is 28.9 Å². The van der Waals surface area contributed by atoms with Crippen LogP contribution < -0.4 is 11.2 Å². The van der Waals surface area contributed by atoms with Crippen LogP contribution in [0.1, 0.15) is 17.4 Å². The minimum Gasteiger partial charge on any atom is -0.365 e. The predicted molar refractivity (Wildman–Crippen MR) is 124 cm³/mol. The zero-order chi connectivity index (χ0) is 22.0. The maximum atomic E-state index is 13.4. The van der Waals surface area contributed by atoms with Crippen molar-refractivity contribution < 1.29 is 4.74 Å². The molecular weight excluding hydrogens is 404 g/mol. The van der Waals surface area contributed by atoms with Gasteiger partial charge in [-0.05, 0) is 11.6 Å². The summed E-state index contributed by atoms with van der Waals surface area (Å²) in [5.74, 6) is 0. The van der Waals surface area contributed by atoms with Crippen LogP contribution in [0.2, 0.25) is 0 Å². The van der Waals surface area contributed by atoms with Crippen molar-refractivity contribution in [1.82, 2.24) is 18.7 Å². The van der Waals surface area contributed by atoms with Gasteiger partial charge in [0.15, 0.2) is 0 Å². The van der Waals surface area contributed by atoms with E-state index in [0.29, 0.717) is 24.1 Å². The number of hydrogen-bond donors (Lipinski definition) is 1. The van der Waals surface area contributed by atoms with E-state index >= 15 is 0 Å². The number of para-hydroxylation sites is 1. The average Bonchev–Trinajstić information content (AvgIpc) is 3.41. The molecule has 5 aromatic rings. The SMILES string of the molecule is Cn1c(=O)c2c(-c3ccccc3)n3c(c2n(C)c1=O)C(c1c[nH]c2ccccc12)OCC3. The summed E-state index contributed by atoms with van der Waals surface area (Å²) in [5.41, 5.74) is 4.62. The molecule has 32 heavy (non-hydrogen) atoms. The Kier molecular flexibility index (Phi) is 4.03. The van der Waals surface area contributed by atoms with Crippen molar-refractivity contribution in [2.45, 2.75) is 12.6 Å². The molecule has 0 spiro atoms. The molecule has 4 heterocycles. The molecule has 1 aliphatic rings. The number of nitrogens with one attached hydrogen (secondary N) is 1. The van der Waals surface area contributed by atoms with E-state index in [1.165, 1.54) is 11.6 Å². The van der Waals surface area contributed by atoms with Gasteiger partial charge in [0.2, 0.25) is 0 Å². The zero-order valence-corrected chi connectivity index (χ0v) is 17.8. The van der Waals surface area contributed by atoms with Crippen molar-refractivity contribution in [1.29, 1.82) is 0 Å². The molecule has 7 nitrogen and oxygen atoms in total. The van der Waals surface area contributed by atoms with Crippen molar-refractivity contribution in [2.24, 2.45) is 14.1 Å². The van der Waals surface area contributed by atoms with Gasteiger partial charge in [-0.3, -0.25) is 13.9 Å². The van der Waals surface area contributed by atoms with Crippen LogP contribution in [0.25, 0.3) is 33.1 Å². The van der Waals surface area contributed by atoms with E-state index in [9.17, 15) is 9.59 Å². The molecular formula is C25H22N4O3. The quantitative estimate of drug-likeness (QED) is 0.471. The fourth-order valence-corrected chi connectivity index (χ4v) is 5.02. The first kappa shape index (κ1) is 18.9. The van der Waals surface area contributed by atoms with E-state index < -0.39 is 6.10 Å². The van der Waals surface area contributed by atoms with Crippen LogP contribution in [-0.4, -0.2) is 25.3 Å². The Bertz CT molecular complexity index is 1620. The second-order valence-corrected chi connectivity index (χ2v) is 8.22. The van der Waals surface area contributed by atoms with Crippen molar-refractivity contribution in [3.8, 4) is 11.3 Å². The summed E-state index contributed by atoms with van der Waals surface area (Å²) < 4.78 is 11.2. The molecule has 0 amide bonds. The summed E-state index contributed by atoms with van der Waals surface area (Å²) >= 11 is 0. The molecule has 0 saturated carbocycles. The first-order valence-electron chi connectivity index (χ1n) is 10.6. The van der Waals surface area contributed by atoms with E-state index in [1.807, 2.05) is 54.7 Å². The first-order chi connectivity index (χ1) is 15.6. The first-order valence-corrected chi connectivity index (χ1v) is 10.6. The summed E-state index contributed by atoms with van der Waals surface area (Å²) in [5, 5.41) is 1.61. The third kappa shape index (κ3) is 2.45. The lowest BCUT2D eigenvalue weighted by molar-refractivity contribution is 0.0487. The zero-order valence-electron chi connectivity index (χ0n) is 17.8. The number of H-pyrrole nitrogens is 1. The molecule has 0 fully saturated rings. The third-order valence-corrected chi connectivity index (χ3v) is 6.50. The summed E-state index contributed by atoms with van der Waals surface area (Å²) in [4.78, 5) is 29.6. The fraction of sp³-hybridized carbons (Fsp3) is 0.200. The predicted octanol–water partition coefficient (Wildman–Crippen LogP) is 3.31. The monoisotopic (exact) mass is 426 g/mol. The normalized spacial score (nSPS) is 16.0. The molecule has 0 radical (unpaired) electrons. The summed E-state index contributed by atoms with van der Waals surface area (Å²) in [6.07, 6.45) is 1.56. The Balaban J connectivity index is 1.78. The number of aromatic amines is 1. The lowest BCUT2D eigenvalue weighted by Crippen LogP contribution is -2.37. The highest BCUT2D eigenvalue weighted by Gasteiger charge is 2.34. The van der Waals surface area contributed by atoms with Crippen LogP contribution in [0.4, 0.5) is 0 Å². The topological polar surface area (TPSA) is 74.0 Å². The van der Waals surface area contributed by atoms with Crippen LogP contribution in [0.5, 0.6) is 0 Å². The Labute approximate surface area is 183 Å². The van der Waals surface area contributed by atoms with Crippen LogP contribution in [-0.2, 0) is 25.4 Å². The van der Waals surface area contributed by atoms with Gasteiger partial charge in [-0.25, -0.2) is 4.79 Å². The Hall–Kier alpha value is -3.84. The molecule has 0 saturated heterocycles. The number of hydrogen-bond acceptors (Lipinski definition) is 3. The highest BCUT2D eigenvalue weighted by Crippen LogP contribution is 2.42. The fourth-order valence-electron chi connectivity index (χ4n) is 5.02. The summed E-state index contributed by atoms with van der Waals surface area (Å²) in [6.45, 7) is 1.11. The van der Waals surface area contributed by atoms with Crippen LogP contribution in [0.15, 0.2) is 70.4 Å². The second-order valence-electron chi connectivity index (χ2n) is 8.22. The Morgan fingerprint density at radius 1 is 0.969 bits per heavy atom. The van der Waals surface area contributed by atoms with E-state index in [1.54, 1.807) is 11.6 Å². The summed E-state index contributed by atoms with van der Waals surface area (Å²) in [7, 11) is 3.25. The van der Waals surface area contributed by atoms with Gasteiger partial charge in [-0.1, -0.05) is 48.5 Å². The molecule has 6 rings (SSSR count). The van der Waals surface area contributed by atoms with E-state index in [0.717, 1.165) is 33.4 Å². The lowest BCUT2D eigenvalue weighted by atomic mass is 10.0. The maximum absolute atomic E-state index is 13.4. The molecule has 1 N–H and O–H groups in total. The van der Waals surface area contributed by atoms with Gasteiger partial charge in [0.25, 0.3) is 5.56 Å². The van der Waals surface area contributed by atoms with Gasteiger partial charge in [0, 0.05) is 43.3 Å². The van der Waals surface area contributed by atoms with Gasteiger partial charge < -0.3 is 14.3 Å². The van der Waals surface area contributed by atoms with Crippen molar-refractivity contribution in [3.63, 3.8) is 0 Å². The number of benzene rings is 2. The number of aryl methyl sites for hydroxylation is 1. The van der Waals surface area contributed by atoms with Crippen LogP contribution >= 0.6 is 0 Å². The standard InChI is InChI=1S/C25H22N4O3/c1-27-21-19(24(30)28(2)25(27)31)20(15-8-4-3-5-9-15)29-12-13-32-23(22(21)29)17-14-26-18-11-7-6-10-16(17)18/h3-11,14,23,26H,12-13H2,1-2H3. The van der Waals surface area contributed by atoms with Gasteiger partial charge >= 0.3 is 5.69 Å². The molecule has 0 aliphatic carbocycles. The van der Waals surface area contributed by atoms with E-state index in [-0.39, 0.29) is 11.2 Å². The average molecular weight is 426 g/mol. The lowest BCUT2D eigenvalue weighted by Gasteiger charge is -2.27. The number of fused-ring (bicyclic) bond motifs is 4. The third-order valence-electron chi connectivity index (χ3n) is 6.50. The molecule has 160 valence electrons. The molecule has 0 bridgehead atoms. The van der Waals surface area contributed by atoms with Crippen molar-refractivity contribution >= 4 is 21.8 Å². The molecule has 1 aliphatic heterocycles. The van der Waals surface area contributed by atoms with Gasteiger partial charge in [0.1, 0.15) is 6.10 Å². The number of rotatable bonds is 2. The Morgan fingerprint density at radius 2 is 1.72 bits per heavy atom. The Morgan fingerprint density at radius 3 is 2.53 bits per heavy atom.